The average Bonchev–Trinajstić information content (AvgIpc) is 3.09. The number of amides is 1. The van der Waals surface area contributed by atoms with Crippen LogP contribution in [0.1, 0.15) is 48.7 Å². The quantitative estimate of drug-likeness (QED) is 0.533. The zero-order chi connectivity index (χ0) is 24.7. The van der Waals surface area contributed by atoms with E-state index >= 15 is 0 Å². The number of allylic oxidation sites excluding steroid dienone is 2. The minimum atomic E-state index is -4.58. The molecule has 3 rings (SSSR count). The van der Waals surface area contributed by atoms with E-state index in [0.717, 1.165) is 55.4 Å². The van der Waals surface area contributed by atoms with Gasteiger partial charge < -0.3 is 5.32 Å². The molecule has 0 saturated carbocycles. The Morgan fingerprint density at radius 1 is 1.21 bits per heavy atom. The molecule has 1 unspecified atom stereocenters. The van der Waals surface area contributed by atoms with E-state index in [0.29, 0.717) is 11.1 Å². The second-order valence-electron chi connectivity index (χ2n) is 8.49. The molecule has 1 saturated heterocycles. The van der Waals surface area contributed by atoms with Gasteiger partial charge in [-0.2, -0.15) is 13.2 Å². The molecule has 1 aromatic carbocycles. The molecule has 34 heavy (non-hydrogen) atoms. The van der Waals surface area contributed by atoms with E-state index in [9.17, 15) is 18.0 Å². The molecule has 8 heteroatoms. The minimum absolute atomic E-state index is 0.247. The Kier molecular flexibility index (Phi) is 8.61. The number of hydrogen-bond donors (Lipinski definition) is 1. The van der Waals surface area contributed by atoms with Gasteiger partial charge in [-0.1, -0.05) is 37.6 Å². The Morgan fingerprint density at radius 2 is 1.91 bits per heavy atom. The van der Waals surface area contributed by atoms with E-state index in [-0.39, 0.29) is 18.5 Å². The predicted molar refractivity (Wildman–Crippen MR) is 130 cm³/mol. The number of nitrogens with zero attached hydrogens (tertiary/aromatic N) is 3. The fraction of sp³-hybridized carbons (Fsp3) is 0.423. The van der Waals surface area contributed by atoms with Crippen LogP contribution < -0.4 is 5.32 Å². The van der Waals surface area contributed by atoms with Crippen molar-refractivity contribution < 1.29 is 18.0 Å². The SMILES string of the molecule is C=C(N=C/C(=C\C)C(CNC(=O)c1cccc2nc(C)ccc12)N1CCCCCC1)C(F)(F)F. The summed E-state index contributed by atoms with van der Waals surface area (Å²) in [5, 5.41) is 3.76. The van der Waals surface area contributed by atoms with Gasteiger partial charge in [0.15, 0.2) is 0 Å². The summed E-state index contributed by atoms with van der Waals surface area (Å²) in [5.41, 5.74) is 1.58. The van der Waals surface area contributed by atoms with Crippen molar-refractivity contribution in [1.82, 2.24) is 15.2 Å². The number of rotatable bonds is 7. The Morgan fingerprint density at radius 3 is 2.56 bits per heavy atom. The van der Waals surface area contributed by atoms with E-state index in [1.54, 1.807) is 25.1 Å². The van der Waals surface area contributed by atoms with Gasteiger partial charge in [-0.25, -0.2) is 0 Å². The summed E-state index contributed by atoms with van der Waals surface area (Å²) < 4.78 is 38.7. The number of aliphatic imine (C=N–C) groups is 1. The maximum atomic E-state index is 13.1. The number of carbonyl (C=O) groups excluding carboxylic acids is 1. The van der Waals surface area contributed by atoms with E-state index in [4.69, 9.17) is 0 Å². The highest BCUT2D eigenvalue weighted by atomic mass is 19.4. The molecule has 0 bridgehead atoms. The van der Waals surface area contributed by atoms with Crippen molar-refractivity contribution in [2.45, 2.75) is 51.7 Å². The summed E-state index contributed by atoms with van der Waals surface area (Å²) in [7, 11) is 0. The normalized spacial score (nSPS) is 17.0. The number of aryl methyl sites for hydroxylation is 1. The number of pyridine rings is 1. The maximum Gasteiger partial charge on any atom is 0.432 e. The predicted octanol–water partition coefficient (Wildman–Crippen LogP) is 5.61. The molecule has 1 N–H and O–H groups in total. The zero-order valence-corrected chi connectivity index (χ0v) is 19.7. The van der Waals surface area contributed by atoms with Crippen LogP contribution in [0, 0.1) is 6.92 Å². The van der Waals surface area contributed by atoms with Gasteiger partial charge in [0.2, 0.25) is 0 Å². The van der Waals surface area contributed by atoms with E-state index in [1.165, 1.54) is 6.21 Å². The van der Waals surface area contributed by atoms with Crippen LogP contribution in [0.25, 0.3) is 10.9 Å². The molecule has 1 amide bonds. The minimum Gasteiger partial charge on any atom is -0.350 e. The van der Waals surface area contributed by atoms with Crippen LogP contribution in [-0.4, -0.2) is 53.9 Å². The lowest BCUT2D eigenvalue weighted by atomic mass is 10.0. The third kappa shape index (κ3) is 6.53. The summed E-state index contributed by atoms with van der Waals surface area (Å²) >= 11 is 0. The first kappa shape index (κ1) is 25.6. The first-order chi connectivity index (χ1) is 16.2. The van der Waals surface area contributed by atoms with E-state index in [1.807, 2.05) is 25.1 Å². The largest absolute Gasteiger partial charge is 0.432 e. The Bertz CT molecular complexity index is 1080. The Labute approximate surface area is 198 Å². The molecule has 0 spiro atoms. The highest BCUT2D eigenvalue weighted by molar-refractivity contribution is 6.06. The van der Waals surface area contributed by atoms with Crippen LogP contribution in [0.2, 0.25) is 0 Å². The van der Waals surface area contributed by atoms with Gasteiger partial charge in [0.25, 0.3) is 5.91 Å². The third-order valence-corrected chi connectivity index (χ3v) is 6.07. The van der Waals surface area contributed by atoms with Crippen LogP contribution in [0.5, 0.6) is 0 Å². The number of aromatic nitrogens is 1. The number of benzene rings is 1. The molecule has 1 aromatic heterocycles. The fourth-order valence-corrected chi connectivity index (χ4v) is 4.18. The van der Waals surface area contributed by atoms with Crippen molar-refractivity contribution in [3.8, 4) is 0 Å². The van der Waals surface area contributed by atoms with Gasteiger partial charge in [-0.15, -0.1) is 0 Å². The van der Waals surface area contributed by atoms with Crippen molar-refractivity contribution >= 4 is 23.0 Å². The second-order valence-corrected chi connectivity index (χ2v) is 8.49. The molecular formula is C26H31F3N4O. The lowest BCUT2D eigenvalue weighted by Gasteiger charge is -2.31. The molecule has 1 aliphatic rings. The fourth-order valence-electron chi connectivity index (χ4n) is 4.18. The number of hydrogen-bond acceptors (Lipinski definition) is 4. The topological polar surface area (TPSA) is 57.6 Å². The summed E-state index contributed by atoms with van der Waals surface area (Å²) in [6, 6.07) is 8.85. The Hall–Kier alpha value is -3.00. The molecule has 1 atom stereocenters. The maximum absolute atomic E-state index is 13.1. The standard InChI is InChI=1S/C26H31F3N4O/c1-4-20(16-30-19(3)26(27,28)29)24(33-14-7-5-6-8-15-33)17-31-25(34)22-10-9-11-23-21(22)13-12-18(2)32-23/h4,9-13,16,24H,3,5-8,14-15,17H2,1-2H3,(H,31,34)/b20-4+,30-16?. The van der Waals surface area contributed by atoms with Gasteiger partial charge in [0.05, 0.1) is 11.6 Å². The Balaban J connectivity index is 1.83. The summed E-state index contributed by atoms with van der Waals surface area (Å²) in [5.74, 6) is -0.247. The third-order valence-electron chi connectivity index (χ3n) is 6.07. The van der Waals surface area contributed by atoms with Crippen molar-refractivity contribution in [1.29, 1.82) is 0 Å². The lowest BCUT2D eigenvalue weighted by Crippen LogP contribution is -2.46. The average molecular weight is 473 g/mol. The van der Waals surface area contributed by atoms with Crippen molar-refractivity contribution in [2.75, 3.05) is 19.6 Å². The van der Waals surface area contributed by atoms with Crippen LogP contribution in [-0.2, 0) is 0 Å². The van der Waals surface area contributed by atoms with Crippen LogP contribution >= 0.6 is 0 Å². The summed E-state index contributed by atoms with van der Waals surface area (Å²) in [4.78, 5) is 23.4. The molecule has 0 radical (unpaired) electrons. The van der Waals surface area contributed by atoms with Gasteiger partial charge >= 0.3 is 6.18 Å². The van der Waals surface area contributed by atoms with Crippen molar-refractivity contribution in [2.24, 2.45) is 4.99 Å². The molecule has 1 fully saturated rings. The van der Waals surface area contributed by atoms with Crippen molar-refractivity contribution in [3.05, 3.63) is 65.5 Å². The van der Waals surface area contributed by atoms with Gasteiger partial charge in [-0.05, 0) is 63.6 Å². The highest BCUT2D eigenvalue weighted by Gasteiger charge is 2.32. The van der Waals surface area contributed by atoms with Gasteiger partial charge in [-0.3, -0.25) is 19.7 Å². The second kappa shape index (κ2) is 11.4. The highest BCUT2D eigenvalue weighted by Crippen LogP contribution is 2.25. The lowest BCUT2D eigenvalue weighted by molar-refractivity contribution is -0.0918. The molecular weight excluding hydrogens is 441 g/mol. The first-order valence-corrected chi connectivity index (χ1v) is 11.6. The van der Waals surface area contributed by atoms with Crippen LogP contribution in [0.3, 0.4) is 0 Å². The zero-order valence-electron chi connectivity index (χ0n) is 19.7. The molecule has 2 aromatic rings. The smallest absolute Gasteiger partial charge is 0.350 e. The van der Waals surface area contributed by atoms with Gasteiger partial charge in [0.1, 0.15) is 5.70 Å². The molecule has 182 valence electrons. The van der Waals surface area contributed by atoms with Crippen LogP contribution in [0.15, 0.2) is 59.2 Å². The van der Waals surface area contributed by atoms with Crippen LogP contribution in [0.4, 0.5) is 13.2 Å². The number of halogens is 3. The number of carbonyl (C=O) groups is 1. The van der Waals surface area contributed by atoms with E-state index in [2.05, 4.69) is 26.8 Å². The monoisotopic (exact) mass is 472 g/mol. The summed E-state index contributed by atoms with van der Waals surface area (Å²) in [6.07, 6.45) is 2.62. The number of likely N-dealkylation sites (tertiary alicyclic amines) is 1. The summed E-state index contributed by atoms with van der Waals surface area (Å²) in [6.45, 7) is 8.56. The number of alkyl halides is 3. The molecule has 5 nitrogen and oxygen atoms in total. The molecule has 1 aliphatic heterocycles. The van der Waals surface area contributed by atoms with E-state index < -0.39 is 11.9 Å². The van der Waals surface area contributed by atoms with Gasteiger partial charge in [0, 0.05) is 29.4 Å². The first-order valence-electron chi connectivity index (χ1n) is 11.6. The molecule has 2 heterocycles. The van der Waals surface area contributed by atoms with Crippen molar-refractivity contribution in [3.63, 3.8) is 0 Å². The number of fused-ring (bicyclic) bond motifs is 1. The molecule has 0 aliphatic carbocycles. The number of nitrogens with one attached hydrogen (secondary N) is 1.